The molecule has 0 radical (unpaired) electrons. The summed E-state index contributed by atoms with van der Waals surface area (Å²) in [6, 6.07) is 7.59. The van der Waals surface area contributed by atoms with Crippen molar-refractivity contribution >= 4 is 23.4 Å². The molecule has 0 aliphatic heterocycles. The molecular formula is C14H21ClN2O2. The van der Waals surface area contributed by atoms with Gasteiger partial charge in [0.1, 0.15) is 5.60 Å². The molecule has 1 aromatic rings. The lowest BCUT2D eigenvalue weighted by atomic mass is 10.2. The van der Waals surface area contributed by atoms with E-state index in [0.29, 0.717) is 18.1 Å². The number of nitrogens with one attached hydrogen (secondary N) is 1. The Morgan fingerprint density at radius 3 is 2.68 bits per heavy atom. The molecule has 4 nitrogen and oxygen atoms in total. The highest BCUT2D eigenvalue weighted by atomic mass is 35.5. The van der Waals surface area contributed by atoms with Crippen molar-refractivity contribution in [2.24, 2.45) is 0 Å². The first kappa shape index (κ1) is 15.6. The number of halogens is 1. The first-order valence-electron chi connectivity index (χ1n) is 6.21. The van der Waals surface area contributed by atoms with E-state index in [2.05, 4.69) is 5.32 Å². The molecule has 1 amide bonds. The maximum Gasteiger partial charge on any atom is 0.407 e. The van der Waals surface area contributed by atoms with Gasteiger partial charge in [-0.05, 0) is 39.0 Å². The van der Waals surface area contributed by atoms with E-state index in [9.17, 15) is 4.79 Å². The number of carbonyl (C=O) groups excluding carboxylic acids is 1. The van der Waals surface area contributed by atoms with Gasteiger partial charge in [0.15, 0.2) is 0 Å². The predicted molar refractivity (Wildman–Crippen MR) is 79.0 cm³/mol. The lowest BCUT2D eigenvalue weighted by molar-refractivity contribution is 0.0529. The fraction of sp³-hybridized carbons (Fsp3) is 0.500. The van der Waals surface area contributed by atoms with Crippen LogP contribution in [0.2, 0.25) is 5.02 Å². The second-order valence-electron chi connectivity index (χ2n) is 5.33. The SMILES string of the molecule is CN(CCNC(=O)OC(C)(C)C)c1cccc(Cl)c1. The Morgan fingerprint density at radius 2 is 2.11 bits per heavy atom. The molecule has 106 valence electrons. The molecule has 0 saturated heterocycles. The maximum atomic E-state index is 11.5. The van der Waals surface area contributed by atoms with E-state index in [-0.39, 0.29) is 0 Å². The molecule has 1 aromatic carbocycles. The minimum atomic E-state index is -0.469. The van der Waals surface area contributed by atoms with Crippen molar-refractivity contribution in [2.75, 3.05) is 25.0 Å². The zero-order valence-electron chi connectivity index (χ0n) is 11.9. The third-order valence-electron chi connectivity index (χ3n) is 2.36. The van der Waals surface area contributed by atoms with E-state index >= 15 is 0 Å². The van der Waals surface area contributed by atoms with Crippen molar-refractivity contribution in [1.82, 2.24) is 5.32 Å². The minimum Gasteiger partial charge on any atom is -0.444 e. The number of carbonyl (C=O) groups is 1. The number of nitrogens with zero attached hydrogens (tertiary/aromatic N) is 1. The summed E-state index contributed by atoms with van der Waals surface area (Å²) in [6.07, 6.45) is -0.396. The van der Waals surface area contributed by atoms with E-state index in [0.717, 1.165) is 5.69 Å². The molecule has 0 atom stereocenters. The zero-order valence-corrected chi connectivity index (χ0v) is 12.6. The van der Waals surface area contributed by atoms with Crippen molar-refractivity contribution in [3.8, 4) is 0 Å². The minimum absolute atomic E-state index is 0.396. The Bertz CT molecular complexity index is 430. The fourth-order valence-electron chi connectivity index (χ4n) is 1.48. The molecule has 0 heterocycles. The van der Waals surface area contributed by atoms with Gasteiger partial charge in [-0.15, -0.1) is 0 Å². The van der Waals surface area contributed by atoms with E-state index in [1.165, 1.54) is 0 Å². The van der Waals surface area contributed by atoms with Crippen LogP contribution in [-0.4, -0.2) is 31.8 Å². The third-order valence-corrected chi connectivity index (χ3v) is 2.60. The number of anilines is 1. The van der Waals surface area contributed by atoms with Crippen LogP contribution in [0.25, 0.3) is 0 Å². The molecule has 0 aromatic heterocycles. The van der Waals surface area contributed by atoms with Crippen molar-refractivity contribution in [3.63, 3.8) is 0 Å². The van der Waals surface area contributed by atoms with Crippen LogP contribution in [0.1, 0.15) is 20.8 Å². The van der Waals surface area contributed by atoms with Crippen molar-refractivity contribution in [2.45, 2.75) is 26.4 Å². The summed E-state index contributed by atoms with van der Waals surface area (Å²) in [7, 11) is 1.95. The van der Waals surface area contributed by atoms with Gasteiger partial charge in [0, 0.05) is 30.8 Å². The van der Waals surface area contributed by atoms with Gasteiger partial charge in [0.25, 0.3) is 0 Å². The highest BCUT2D eigenvalue weighted by Gasteiger charge is 2.15. The quantitative estimate of drug-likeness (QED) is 0.922. The van der Waals surface area contributed by atoms with Crippen LogP contribution in [0.4, 0.5) is 10.5 Å². The number of hydrogen-bond acceptors (Lipinski definition) is 3. The second kappa shape index (κ2) is 6.66. The van der Waals surface area contributed by atoms with E-state index in [1.807, 2.05) is 57.0 Å². The molecule has 5 heteroatoms. The van der Waals surface area contributed by atoms with Crippen LogP contribution >= 0.6 is 11.6 Å². The monoisotopic (exact) mass is 284 g/mol. The molecule has 1 rings (SSSR count). The molecular weight excluding hydrogens is 264 g/mol. The predicted octanol–water partition coefficient (Wildman–Crippen LogP) is 3.30. The molecule has 0 aliphatic rings. The standard InChI is InChI=1S/C14H21ClN2O2/c1-14(2,3)19-13(18)16-8-9-17(4)12-7-5-6-11(15)10-12/h5-7,10H,8-9H2,1-4H3,(H,16,18). The number of benzene rings is 1. The average molecular weight is 285 g/mol. The molecule has 0 fully saturated rings. The normalized spacial score (nSPS) is 11.0. The number of alkyl carbamates (subject to hydrolysis) is 1. The first-order valence-corrected chi connectivity index (χ1v) is 6.59. The van der Waals surface area contributed by atoms with Crippen molar-refractivity contribution < 1.29 is 9.53 Å². The summed E-state index contributed by atoms with van der Waals surface area (Å²) >= 11 is 5.93. The maximum absolute atomic E-state index is 11.5. The number of ether oxygens (including phenoxy) is 1. The summed E-state index contributed by atoms with van der Waals surface area (Å²) in [5.74, 6) is 0. The Labute approximate surface area is 119 Å². The fourth-order valence-corrected chi connectivity index (χ4v) is 1.67. The number of likely N-dealkylation sites (N-methyl/N-ethyl adjacent to an activating group) is 1. The van der Waals surface area contributed by atoms with Gasteiger partial charge >= 0.3 is 6.09 Å². The van der Waals surface area contributed by atoms with Gasteiger partial charge in [-0.3, -0.25) is 0 Å². The number of amides is 1. The van der Waals surface area contributed by atoms with Gasteiger partial charge in [-0.2, -0.15) is 0 Å². The second-order valence-corrected chi connectivity index (χ2v) is 5.77. The Morgan fingerprint density at radius 1 is 1.42 bits per heavy atom. The summed E-state index contributed by atoms with van der Waals surface area (Å²) in [5, 5.41) is 3.42. The molecule has 0 saturated carbocycles. The number of rotatable bonds is 4. The Hall–Kier alpha value is -1.42. The molecule has 0 unspecified atom stereocenters. The zero-order chi connectivity index (χ0) is 14.5. The van der Waals surface area contributed by atoms with Gasteiger partial charge in [-0.1, -0.05) is 17.7 Å². The smallest absolute Gasteiger partial charge is 0.407 e. The molecule has 0 aliphatic carbocycles. The molecule has 0 spiro atoms. The van der Waals surface area contributed by atoms with Crippen LogP contribution in [0.5, 0.6) is 0 Å². The molecule has 1 N–H and O–H groups in total. The van der Waals surface area contributed by atoms with Crippen LogP contribution in [0.15, 0.2) is 24.3 Å². The summed E-state index contributed by atoms with van der Waals surface area (Å²) in [5.41, 5.74) is 0.543. The third kappa shape index (κ3) is 6.34. The highest BCUT2D eigenvalue weighted by molar-refractivity contribution is 6.30. The van der Waals surface area contributed by atoms with E-state index in [4.69, 9.17) is 16.3 Å². The largest absolute Gasteiger partial charge is 0.444 e. The number of hydrogen-bond donors (Lipinski definition) is 1. The van der Waals surface area contributed by atoms with Crippen LogP contribution in [-0.2, 0) is 4.74 Å². The van der Waals surface area contributed by atoms with Crippen LogP contribution in [0, 0.1) is 0 Å². The highest BCUT2D eigenvalue weighted by Crippen LogP contribution is 2.17. The van der Waals surface area contributed by atoms with Gasteiger partial charge in [0.05, 0.1) is 0 Å². The summed E-state index contributed by atoms with van der Waals surface area (Å²) < 4.78 is 5.15. The lowest BCUT2D eigenvalue weighted by Gasteiger charge is -2.22. The Balaban J connectivity index is 2.35. The van der Waals surface area contributed by atoms with Crippen molar-refractivity contribution in [3.05, 3.63) is 29.3 Å². The Kier molecular flexibility index (Phi) is 5.48. The van der Waals surface area contributed by atoms with Crippen molar-refractivity contribution in [1.29, 1.82) is 0 Å². The van der Waals surface area contributed by atoms with Crippen LogP contribution in [0.3, 0.4) is 0 Å². The first-order chi connectivity index (χ1) is 8.78. The van der Waals surface area contributed by atoms with E-state index in [1.54, 1.807) is 0 Å². The average Bonchev–Trinajstić information content (AvgIpc) is 2.26. The molecule has 0 bridgehead atoms. The van der Waals surface area contributed by atoms with Crippen LogP contribution < -0.4 is 10.2 Å². The topological polar surface area (TPSA) is 41.6 Å². The van der Waals surface area contributed by atoms with Gasteiger partial charge < -0.3 is 15.0 Å². The lowest BCUT2D eigenvalue weighted by Crippen LogP contribution is -2.37. The molecule has 19 heavy (non-hydrogen) atoms. The van der Waals surface area contributed by atoms with Gasteiger partial charge in [-0.25, -0.2) is 4.79 Å². The summed E-state index contributed by atoms with van der Waals surface area (Å²) in [4.78, 5) is 13.5. The van der Waals surface area contributed by atoms with Gasteiger partial charge in [0.2, 0.25) is 0 Å². The van der Waals surface area contributed by atoms with E-state index < -0.39 is 11.7 Å². The summed E-state index contributed by atoms with van der Waals surface area (Å²) in [6.45, 7) is 6.71.